The predicted molar refractivity (Wildman–Crippen MR) is 73.2 cm³/mol. The van der Waals surface area contributed by atoms with Gasteiger partial charge < -0.3 is 20.6 Å². The number of carboxylic acids is 1. The van der Waals surface area contributed by atoms with E-state index in [9.17, 15) is 14.4 Å². The zero-order valence-electron chi connectivity index (χ0n) is 12.2. The average molecular weight is 285 g/mol. The van der Waals surface area contributed by atoms with Crippen LogP contribution in [0.2, 0.25) is 0 Å². The molecule has 7 nitrogen and oxygen atoms in total. The molecule has 3 N–H and O–H groups in total. The maximum absolute atomic E-state index is 12.0. The van der Waals surface area contributed by atoms with Crippen molar-refractivity contribution in [1.82, 2.24) is 15.5 Å². The van der Waals surface area contributed by atoms with Gasteiger partial charge in [-0.15, -0.1) is 0 Å². The molecule has 7 heteroatoms. The number of carboxylic acid groups (broad SMARTS) is 1. The monoisotopic (exact) mass is 285 g/mol. The Bertz CT molecular complexity index is 384. The van der Waals surface area contributed by atoms with Crippen molar-refractivity contribution < 1.29 is 19.5 Å². The molecule has 1 saturated heterocycles. The molecular weight excluding hydrogens is 262 g/mol. The summed E-state index contributed by atoms with van der Waals surface area (Å²) in [6.07, 6.45) is 1.08. The van der Waals surface area contributed by atoms with Gasteiger partial charge in [0.15, 0.2) is 0 Å². The lowest BCUT2D eigenvalue weighted by molar-refractivity contribution is -0.139. The third-order valence-electron chi connectivity index (χ3n) is 3.19. The molecule has 0 saturated carbocycles. The second kappa shape index (κ2) is 7.12. The fourth-order valence-electron chi connectivity index (χ4n) is 2.28. The highest BCUT2D eigenvalue weighted by molar-refractivity contribution is 5.82. The number of rotatable bonds is 5. The summed E-state index contributed by atoms with van der Waals surface area (Å²) in [5.74, 6) is -0.966. The van der Waals surface area contributed by atoms with Gasteiger partial charge in [-0.05, 0) is 18.8 Å². The van der Waals surface area contributed by atoms with Crippen molar-refractivity contribution >= 4 is 17.9 Å². The first kappa shape index (κ1) is 16.3. The van der Waals surface area contributed by atoms with Gasteiger partial charge >= 0.3 is 12.0 Å². The summed E-state index contributed by atoms with van der Waals surface area (Å²) in [5, 5.41) is 14.4. The number of aliphatic carboxylic acids is 1. The summed E-state index contributed by atoms with van der Waals surface area (Å²) >= 11 is 0. The number of hydrogen-bond acceptors (Lipinski definition) is 3. The van der Waals surface area contributed by atoms with Crippen molar-refractivity contribution in [2.75, 3.05) is 13.1 Å². The Balaban J connectivity index is 2.49. The van der Waals surface area contributed by atoms with Crippen LogP contribution in [0.25, 0.3) is 0 Å². The summed E-state index contributed by atoms with van der Waals surface area (Å²) in [5.41, 5.74) is 0. The van der Waals surface area contributed by atoms with Gasteiger partial charge in [-0.2, -0.15) is 0 Å². The number of nitrogens with zero attached hydrogens (tertiary/aromatic N) is 1. The van der Waals surface area contributed by atoms with Crippen LogP contribution in [-0.4, -0.2) is 53.1 Å². The van der Waals surface area contributed by atoms with Crippen molar-refractivity contribution in [3.05, 3.63) is 0 Å². The summed E-state index contributed by atoms with van der Waals surface area (Å²) in [7, 11) is 0. The van der Waals surface area contributed by atoms with Gasteiger partial charge in [0.1, 0.15) is 6.04 Å². The maximum atomic E-state index is 12.0. The standard InChI is InChI=1S/C13H23N3O4/c1-8(2)6-11(12(18)19)15-13(20)16-5-4-10(7-16)14-9(3)17/h8,10-11H,4-7H2,1-3H3,(H,14,17)(H,15,20)(H,18,19)/t10?,11-/m0/s1. The number of nitrogens with one attached hydrogen (secondary N) is 2. The molecule has 3 amide bonds. The van der Waals surface area contributed by atoms with E-state index in [1.807, 2.05) is 13.8 Å². The third kappa shape index (κ3) is 5.07. The summed E-state index contributed by atoms with van der Waals surface area (Å²) in [6, 6.07) is -1.31. The van der Waals surface area contributed by atoms with Crippen molar-refractivity contribution in [3.63, 3.8) is 0 Å². The van der Waals surface area contributed by atoms with Crippen LogP contribution in [0.1, 0.15) is 33.6 Å². The van der Waals surface area contributed by atoms with Gasteiger partial charge in [-0.3, -0.25) is 4.79 Å². The lowest BCUT2D eigenvalue weighted by atomic mass is 10.0. The van der Waals surface area contributed by atoms with Gasteiger partial charge in [-0.1, -0.05) is 13.8 Å². The Morgan fingerprint density at radius 3 is 2.50 bits per heavy atom. The molecule has 1 rings (SSSR count). The normalized spacial score (nSPS) is 19.8. The van der Waals surface area contributed by atoms with Crippen LogP contribution in [0.5, 0.6) is 0 Å². The Kier molecular flexibility index (Phi) is 5.79. The quantitative estimate of drug-likeness (QED) is 0.681. The second-order valence-corrected chi connectivity index (χ2v) is 5.60. The smallest absolute Gasteiger partial charge is 0.326 e. The number of likely N-dealkylation sites (tertiary alicyclic amines) is 1. The van der Waals surface area contributed by atoms with Crippen LogP contribution in [0.15, 0.2) is 0 Å². The van der Waals surface area contributed by atoms with Crippen LogP contribution < -0.4 is 10.6 Å². The molecule has 1 fully saturated rings. The number of urea groups is 1. The van der Waals surface area contributed by atoms with E-state index in [0.29, 0.717) is 25.9 Å². The molecule has 1 aliphatic rings. The average Bonchev–Trinajstić information content (AvgIpc) is 2.74. The predicted octanol–water partition coefficient (Wildman–Crippen LogP) is 0.406. The van der Waals surface area contributed by atoms with E-state index in [2.05, 4.69) is 10.6 Å². The summed E-state index contributed by atoms with van der Waals surface area (Å²) in [6.45, 7) is 6.19. The van der Waals surface area contributed by atoms with Gasteiger partial charge in [0.25, 0.3) is 0 Å². The largest absolute Gasteiger partial charge is 0.480 e. The van der Waals surface area contributed by atoms with Gasteiger partial charge in [0.2, 0.25) is 5.91 Å². The molecular formula is C13H23N3O4. The van der Waals surface area contributed by atoms with Crippen LogP contribution in [0, 0.1) is 5.92 Å². The zero-order valence-corrected chi connectivity index (χ0v) is 12.2. The van der Waals surface area contributed by atoms with E-state index in [1.165, 1.54) is 11.8 Å². The van der Waals surface area contributed by atoms with Gasteiger partial charge in [0.05, 0.1) is 0 Å². The second-order valence-electron chi connectivity index (χ2n) is 5.60. The van der Waals surface area contributed by atoms with Crippen LogP contribution in [-0.2, 0) is 9.59 Å². The number of carbonyl (C=O) groups excluding carboxylic acids is 2. The first-order chi connectivity index (χ1) is 9.29. The molecule has 1 unspecified atom stereocenters. The van der Waals surface area contributed by atoms with E-state index in [4.69, 9.17) is 5.11 Å². The van der Waals surface area contributed by atoms with Gasteiger partial charge in [0, 0.05) is 26.1 Å². The molecule has 0 aliphatic carbocycles. The molecule has 0 spiro atoms. The lowest BCUT2D eigenvalue weighted by Gasteiger charge is -2.22. The molecule has 0 aromatic carbocycles. The topological polar surface area (TPSA) is 98.7 Å². The third-order valence-corrected chi connectivity index (χ3v) is 3.19. The summed E-state index contributed by atoms with van der Waals surface area (Å²) < 4.78 is 0. The van der Waals surface area contributed by atoms with Crippen LogP contribution >= 0.6 is 0 Å². The van der Waals surface area contributed by atoms with Crippen LogP contribution in [0.3, 0.4) is 0 Å². The van der Waals surface area contributed by atoms with Crippen molar-refractivity contribution in [3.8, 4) is 0 Å². The minimum Gasteiger partial charge on any atom is -0.480 e. The minimum atomic E-state index is -1.02. The van der Waals surface area contributed by atoms with Crippen molar-refractivity contribution in [2.24, 2.45) is 5.92 Å². The first-order valence-electron chi connectivity index (χ1n) is 6.85. The number of carbonyl (C=O) groups is 3. The maximum Gasteiger partial charge on any atom is 0.326 e. The van der Waals surface area contributed by atoms with Crippen molar-refractivity contribution in [2.45, 2.75) is 45.7 Å². The molecule has 2 atom stereocenters. The highest BCUT2D eigenvalue weighted by atomic mass is 16.4. The number of hydrogen-bond donors (Lipinski definition) is 3. The van der Waals surface area contributed by atoms with E-state index >= 15 is 0 Å². The first-order valence-corrected chi connectivity index (χ1v) is 6.85. The Morgan fingerprint density at radius 1 is 1.35 bits per heavy atom. The number of amides is 3. The molecule has 114 valence electrons. The van der Waals surface area contributed by atoms with Crippen molar-refractivity contribution in [1.29, 1.82) is 0 Å². The molecule has 20 heavy (non-hydrogen) atoms. The molecule has 0 radical (unpaired) electrons. The van der Waals surface area contributed by atoms with Gasteiger partial charge in [-0.25, -0.2) is 9.59 Å². The highest BCUT2D eigenvalue weighted by Crippen LogP contribution is 2.11. The SMILES string of the molecule is CC(=O)NC1CCN(C(=O)N[C@@H](CC(C)C)C(=O)O)C1. The van der Waals surface area contributed by atoms with E-state index in [0.717, 1.165) is 0 Å². The Hall–Kier alpha value is -1.79. The zero-order chi connectivity index (χ0) is 15.3. The van der Waals surface area contributed by atoms with E-state index in [1.54, 1.807) is 0 Å². The van der Waals surface area contributed by atoms with Crippen LogP contribution in [0.4, 0.5) is 4.79 Å². The van der Waals surface area contributed by atoms with E-state index < -0.39 is 12.0 Å². The molecule has 1 aliphatic heterocycles. The Morgan fingerprint density at radius 2 is 2.00 bits per heavy atom. The molecule has 0 bridgehead atoms. The fourth-order valence-corrected chi connectivity index (χ4v) is 2.28. The molecule has 0 aromatic heterocycles. The fraction of sp³-hybridized carbons (Fsp3) is 0.769. The Labute approximate surface area is 118 Å². The highest BCUT2D eigenvalue weighted by Gasteiger charge is 2.29. The lowest BCUT2D eigenvalue weighted by Crippen LogP contribution is -2.48. The minimum absolute atomic E-state index is 0.0494. The molecule has 1 heterocycles. The molecule has 0 aromatic rings. The summed E-state index contributed by atoms with van der Waals surface area (Å²) in [4.78, 5) is 35.6. The van der Waals surface area contributed by atoms with E-state index in [-0.39, 0.29) is 23.9 Å².